The monoisotopic (exact) mass is 396 g/mol. The van der Waals surface area contributed by atoms with Gasteiger partial charge >= 0.3 is 12.0 Å². The van der Waals surface area contributed by atoms with Gasteiger partial charge in [-0.05, 0) is 85.8 Å². The molecule has 0 spiro atoms. The van der Waals surface area contributed by atoms with Crippen LogP contribution in [0.3, 0.4) is 0 Å². The molecule has 0 bridgehead atoms. The van der Waals surface area contributed by atoms with Crippen LogP contribution in [0.25, 0.3) is 0 Å². The molecule has 2 nitrogen and oxygen atoms in total. The summed E-state index contributed by atoms with van der Waals surface area (Å²) in [7, 11) is 0. The maximum Gasteiger partial charge on any atom is 0.455 e. The molecule has 5 heteroatoms. The fourth-order valence-electron chi connectivity index (χ4n) is 5.57. The van der Waals surface area contributed by atoms with Crippen molar-refractivity contribution in [3.63, 3.8) is 0 Å². The maximum atomic E-state index is 13.0. The van der Waals surface area contributed by atoms with E-state index in [2.05, 4.69) is 6.92 Å². The van der Waals surface area contributed by atoms with Crippen LogP contribution >= 0.6 is 0 Å². The van der Waals surface area contributed by atoms with Gasteiger partial charge in [0, 0.05) is 6.42 Å². The van der Waals surface area contributed by atoms with Crippen molar-refractivity contribution in [1.29, 1.82) is 0 Å². The summed E-state index contributed by atoms with van der Waals surface area (Å²) in [5.74, 6) is 0.241. The van der Waals surface area contributed by atoms with Gasteiger partial charge < -0.3 is 9.84 Å². The van der Waals surface area contributed by atoms with Crippen molar-refractivity contribution in [3.8, 4) is 5.75 Å². The molecule has 0 aromatic heterocycles. The number of aryl methyl sites for hydroxylation is 1. The van der Waals surface area contributed by atoms with Crippen molar-refractivity contribution in [2.75, 3.05) is 0 Å². The van der Waals surface area contributed by atoms with E-state index in [1.165, 1.54) is 56.9 Å². The van der Waals surface area contributed by atoms with Crippen molar-refractivity contribution in [3.05, 3.63) is 29.3 Å². The van der Waals surface area contributed by atoms with E-state index in [-0.39, 0.29) is 12.2 Å². The summed E-state index contributed by atoms with van der Waals surface area (Å²) in [5, 5.41) is 9.79. The van der Waals surface area contributed by atoms with E-state index in [1.807, 2.05) is 12.1 Å². The largest absolute Gasteiger partial charge is 0.455 e. The van der Waals surface area contributed by atoms with E-state index in [4.69, 9.17) is 4.74 Å². The zero-order valence-electron chi connectivity index (χ0n) is 16.6. The van der Waals surface area contributed by atoms with Crippen LogP contribution in [0, 0.1) is 17.8 Å². The molecule has 1 aromatic carbocycles. The molecule has 1 atom stereocenters. The van der Waals surface area contributed by atoms with Gasteiger partial charge in [0.2, 0.25) is 0 Å². The summed E-state index contributed by atoms with van der Waals surface area (Å²) < 4.78 is 44.0. The first-order chi connectivity index (χ1) is 13.2. The Morgan fingerprint density at radius 3 is 2.18 bits per heavy atom. The highest BCUT2D eigenvalue weighted by Crippen LogP contribution is 2.46. The first-order valence-corrected chi connectivity index (χ1v) is 10.9. The average Bonchev–Trinajstić information content (AvgIpc) is 2.67. The molecule has 4 rings (SSSR count). The van der Waals surface area contributed by atoms with Gasteiger partial charge in [-0.2, -0.15) is 13.2 Å². The number of aliphatic hydroxyl groups is 1. The summed E-state index contributed by atoms with van der Waals surface area (Å²) in [6, 6.07) is 5.53. The third-order valence-corrected chi connectivity index (χ3v) is 7.51. The van der Waals surface area contributed by atoms with Crippen LogP contribution in [0.2, 0.25) is 0 Å². The molecule has 28 heavy (non-hydrogen) atoms. The molecule has 2 saturated carbocycles. The van der Waals surface area contributed by atoms with Gasteiger partial charge in [0.15, 0.2) is 0 Å². The van der Waals surface area contributed by atoms with Crippen LogP contribution < -0.4 is 4.74 Å². The maximum absolute atomic E-state index is 13.0. The van der Waals surface area contributed by atoms with E-state index in [0.29, 0.717) is 5.92 Å². The Morgan fingerprint density at radius 2 is 1.57 bits per heavy atom. The zero-order valence-corrected chi connectivity index (χ0v) is 16.6. The van der Waals surface area contributed by atoms with Crippen molar-refractivity contribution < 1.29 is 23.0 Å². The van der Waals surface area contributed by atoms with Crippen LogP contribution in [-0.2, 0) is 6.42 Å². The van der Waals surface area contributed by atoms with Crippen molar-refractivity contribution >= 4 is 0 Å². The summed E-state index contributed by atoms with van der Waals surface area (Å²) in [6.45, 7) is 2.36. The third-order valence-electron chi connectivity index (χ3n) is 7.51. The van der Waals surface area contributed by atoms with E-state index in [1.54, 1.807) is 6.07 Å². The first kappa shape index (κ1) is 20.1. The predicted molar refractivity (Wildman–Crippen MR) is 102 cm³/mol. The predicted octanol–water partition coefficient (Wildman–Crippen LogP) is 6.36. The normalized spacial score (nSPS) is 36.5. The Bertz CT molecular complexity index is 686. The fraction of sp³-hybridized carbons (Fsp3) is 0.739. The van der Waals surface area contributed by atoms with Gasteiger partial charge in [-0.15, -0.1) is 0 Å². The van der Waals surface area contributed by atoms with E-state index < -0.39 is 18.4 Å². The molecule has 1 N–H and O–H groups in total. The second-order valence-electron chi connectivity index (χ2n) is 9.38. The van der Waals surface area contributed by atoms with Crippen molar-refractivity contribution in [1.82, 2.24) is 0 Å². The van der Waals surface area contributed by atoms with Gasteiger partial charge in [-0.3, -0.25) is 0 Å². The molecule has 0 amide bonds. The molecule has 1 aromatic rings. The van der Waals surface area contributed by atoms with Crippen LogP contribution in [0.5, 0.6) is 5.75 Å². The molecule has 0 radical (unpaired) electrons. The number of fused-ring (bicyclic) bond motifs is 1. The number of halogens is 3. The lowest BCUT2D eigenvalue weighted by Gasteiger charge is -2.38. The minimum absolute atomic E-state index is 0.167. The highest BCUT2D eigenvalue weighted by molar-refractivity contribution is 5.40. The summed E-state index contributed by atoms with van der Waals surface area (Å²) in [5.41, 5.74) is 2.00. The van der Waals surface area contributed by atoms with Crippen LogP contribution in [0.4, 0.5) is 13.2 Å². The number of ether oxygens (including phenoxy) is 1. The third kappa shape index (κ3) is 3.92. The number of hydrogen-bond acceptors (Lipinski definition) is 2. The van der Waals surface area contributed by atoms with Crippen LogP contribution in [0.15, 0.2) is 18.2 Å². The Hall–Kier alpha value is -1.23. The average molecular weight is 396 g/mol. The highest BCUT2D eigenvalue weighted by Gasteiger charge is 2.57. The molecule has 1 aliphatic heterocycles. The molecule has 3 aliphatic rings. The standard InChI is InChI=1S/C23H31F3O2/c1-15-2-4-16(5-3-15)17-6-8-18(9-7-17)19-10-11-21-20(14-19)12-13-22(27,28-21)23(24,25)26/h10-11,14-18,27H,2-9,12-13H2,1H3. The van der Waals surface area contributed by atoms with E-state index >= 15 is 0 Å². The van der Waals surface area contributed by atoms with Gasteiger partial charge in [0.05, 0.1) is 0 Å². The fourth-order valence-corrected chi connectivity index (χ4v) is 5.57. The molecule has 0 saturated heterocycles. The molecule has 2 aliphatic carbocycles. The Morgan fingerprint density at radius 1 is 0.964 bits per heavy atom. The summed E-state index contributed by atoms with van der Waals surface area (Å²) in [4.78, 5) is 0. The van der Waals surface area contributed by atoms with Crippen molar-refractivity contribution in [2.45, 2.75) is 89.0 Å². The Labute approximate surface area is 165 Å². The molecular weight excluding hydrogens is 365 g/mol. The van der Waals surface area contributed by atoms with E-state index in [9.17, 15) is 18.3 Å². The minimum atomic E-state index is -4.78. The molecular formula is C23H31F3O2. The quantitative estimate of drug-likeness (QED) is 0.630. The van der Waals surface area contributed by atoms with E-state index in [0.717, 1.165) is 23.3 Å². The summed E-state index contributed by atoms with van der Waals surface area (Å²) in [6.07, 6.45) is 5.36. The highest BCUT2D eigenvalue weighted by atomic mass is 19.4. The molecule has 1 heterocycles. The second-order valence-corrected chi connectivity index (χ2v) is 9.38. The Kier molecular flexibility index (Phi) is 5.41. The molecule has 2 fully saturated rings. The number of benzene rings is 1. The van der Waals surface area contributed by atoms with Crippen LogP contribution in [0.1, 0.15) is 81.8 Å². The lowest BCUT2D eigenvalue weighted by atomic mass is 9.68. The smallest absolute Gasteiger partial charge is 0.453 e. The lowest BCUT2D eigenvalue weighted by molar-refractivity contribution is -0.340. The number of hydrogen-bond donors (Lipinski definition) is 1. The van der Waals surface area contributed by atoms with Gasteiger partial charge in [-0.1, -0.05) is 31.9 Å². The number of alkyl halides is 3. The minimum Gasteiger partial charge on any atom is -0.453 e. The van der Waals surface area contributed by atoms with Crippen LogP contribution in [-0.4, -0.2) is 17.1 Å². The van der Waals surface area contributed by atoms with Gasteiger partial charge in [0.1, 0.15) is 5.75 Å². The molecule has 156 valence electrons. The molecule has 1 unspecified atom stereocenters. The second kappa shape index (κ2) is 7.55. The van der Waals surface area contributed by atoms with Gasteiger partial charge in [-0.25, -0.2) is 0 Å². The topological polar surface area (TPSA) is 29.5 Å². The Balaban J connectivity index is 1.38. The SMILES string of the molecule is CC1CCC(C2CCC(c3ccc4c(c3)CCC(O)(C(F)(F)F)O4)CC2)CC1. The first-order valence-electron chi connectivity index (χ1n) is 10.9. The lowest BCUT2D eigenvalue weighted by Crippen LogP contribution is -2.52. The number of rotatable bonds is 2. The zero-order chi connectivity index (χ0) is 19.9. The summed E-state index contributed by atoms with van der Waals surface area (Å²) >= 11 is 0. The van der Waals surface area contributed by atoms with Crippen molar-refractivity contribution in [2.24, 2.45) is 17.8 Å². The van der Waals surface area contributed by atoms with Gasteiger partial charge in [0.25, 0.3) is 0 Å².